The topological polar surface area (TPSA) is 15.7 Å². The van der Waals surface area contributed by atoms with Gasteiger partial charge in [0, 0.05) is 39.3 Å². The molecule has 6 heteroatoms. The van der Waals surface area contributed by atoms with Crippen molar-refractivity contribution in [3.05, 3.63) is 30.3 Å². The van der Waals surface area contributed by atoms with E-state index < -0.39 is 12.1 Å². The Kier molecular flexibility index (Phi) is 6.08. The van der Waals surface area contributed by atoms with Gasteiger partial charge in [-0.2, -0.15) is 13.2 Å². The standard InChI is InChI=1S/C16H23F3N2O/c1-14(16(17,18)19)13-21-9-7-20(8-10-21)11-12-22-15-5-3-2-4-6-15/h2-6,14H,7-13H2,1H3/t14-/m0/s1. The van der Waals surface area contributed by atoms with Crippen molar-refractivity contribution in [3.8, 4) is 5.75 Å². The summed E-state index contributed by atoms with van der Waals surface area (Å²) in [6, 6.07) is 9.62. The molecule has 2 rings (SSSR count). The van der Waals surface area contributed by atoms with Gasteiger partial charge in [-0.25, -0.2) is 0 Å². The van der Waals surface area contributed by atoms with Gasteiger partial charge in [-0.1, -0.05) is 25.1 Å². The molecule has 0 bridgehead atoms. The van der Waals surface area contributed by atoms with Gasteiger partial charge in [0.25, 0.3) is 0 Å². The number of para-hydroxylation sites is 1. The van der Waals surface area contributed by atoms with E-state index in [0.29, 0.717) is 19.7 Å². The van der Waals surface area contributed by atoms with Crippen molar-refractivity contribution in [1.82, 2.24) is 9.80 Å². The predicted molar refractivity (Wildman–Crippen MR) is 80.0 cm³/mol. The van der Waals surface area contributed by atoms with Crippen LogP contribution in [-0.4, -0.2) is 61.9 Å². The SMILES string of the molecule is C[C@@H](CN1CCN(CCOc2ccccc2)CC1)C(F)(F)F. The Hall–Kier alpha value is -1.27. The van der Waals surface area contributed by atoms with Crippen molar-refractivity contribution < 1.29 is 17.9 Å². The molecule has 1 heterocycles. The average Bonchev–Trinajstić information content (AvgIpc) is 2.49. The number of nitrogens with zero attached hydrogens (tertiary/aromatic N) is 2. The van der Waals surface area contributed by atoms with E-state index >= 15 is 0 Å². The molecule has 0 aliphatic carbocycles. The second kappa shape index (κ2) is 7.83. The van der Waals surface area contributed by atoms with Crippen LogP contribution in [0.2, 0.25) is 0 Å². The molecule has 0 N–H and O–H groups in total. The highest BCUT2D eigenvalue weighted by Crippen LogP contribution is 2.26. The molecule has 1 aromatic carbocycles. The Morgan fingerprint density at radius 1 is 1.05 bits per heavy atom. The van der Waals surface area contributed by atoms with E-state index in [-0.39, 0.29) is 6.54 Å². The van der Waals surface area contributed by atoms with Crippen molar-refractivity contribution in [2.75, 3.05) is 45.9 Å². The maximum Gasteiger partial charge on any atom is 0.392 e. The molecule has 0 saturated carbocycles. The smallest absolute Gasteiger partial charge is 0.392 e. The summed E-state index contributed by atoms with van der Waals surface area (Å²) in [6.45, 7) is 5.71. The molecule has 0 radical (unpaired) electrons. The lowest BCUT2D eigenvalue weighted by Gasteiger charge is -2.36. The van der Waals surface area contributed by atoms with Crippen molar-refractivity contribution in [1.29, 1.82) is 0 Å². The van der Waals surface area contributed by atoms with Crippen molar-refractivity contribution >= 4 is 0 Å². The largest absolute Gasteiger partial charge is 0.492 e. The summed E-state index contributed by atoms with van der Waals surface area (Å²) >= 11 is 0. The Balaban J connectivity index is 1.63. The van der Waals surface area contributed by atoms with E-state index in [1.165, 1.54) is 6.92 Å². The van der Waals surface area contributed by atoms with E-state index in [2.05, 4.69) is 4.90 Å². The Labute approximate surface area is 129 Å². The van der Waals surface area contributed by atoms with Gasteiger partial charge in [-0.05, 0) is 12.1 Å². The fraction of sp³-hybridized carbons (Fsp3) is 0.625. The molecule has 1 atom stereocenters. The number of hydrogen-bond donors (Lipinski definition) is 0. The lowest BCUT2D eigenvalue weighted by atomic mass is 10.1. The molecule has 0 aromatic heterocycles. The van der Waals surface area contributed by atoms with Gasteiger partial charge >= 0.3 is 6.18 Å². The quantitative estimate of drug-likeness (QED) is 0.802. The fourth-order valence-corrected chi connectivity index (χ4v) is 2.50. The van der Waals surface area contributed by atoms with Gasteiger partial charge in [0.15, 0.2) is 0 Å². The predicted octanol–water partition coefficient (Wildman–Crippen LogP) is 2.88. The summed E-state index contributed by atoms with van der Waals surface area (Å²) in [7, 11) is 0. The lowest BCUT2D eigenvalue weighted by Crippen LogP contribution is -2.49. The van der Waals surface area contributed by atoms with Crippen LogP contribution in [0.25, 0.3) is 0 Å². The normalized spacial score (nSPS) is 19.1. The van der Waals surface area contributed by atoms with Crippen molar-refractivity contribution in [2.24, 2.45) is 5.92 Å². The zero-order valence-corrected chi connectivity index (χ0v) is 12.9. The van der Waals surface area contributed by atoms with Crippen LogP contribution in [-0.2, 0) is 0 Å². The molecule has 0 spiro atoms. The van der Waals surface area contributed by atoms with Crippen LogP contribution in [0.1, 0.15) is 6.92 Å². The van der Waals surface area contributed by atoms with Crippen LogP contribution in [0.4, 0.5) is 13.2 Å². The third-order valence-corrected chi connectivity index (χ3v) is 3.98. The summed E-state index contributed by atoms with van der Waals surface area (Å²) < 4.78 is 43.3. The molecule has 0 unspecified atom stereocenters. The maximum absolute atomic E-state index is 12.6. The maximum atomic E-state index is 12.6. The monoisotopic (exact) mass is 316 g/mol. The first-order chi connectivity index (χ1) is 10.4. The Bertz CT molecular complexity index is 431. The summed E-state index contributed by atoms with van der Waals surface area (Å²) in [5.74, 6) is -0.416. The van der Waals surface area contributed by atoms with Crippen molar-refractivity contribution in [2.45, 2.75) is 13.1 Å². The molecule has 1 aliphatic heterocycles. The molecule has 124 valence electrons. The average molecular weight is 316 g/mol. The van der Waals surface area contributed by atoms with E-state index in [0.717, 1.165) is 25.4 Å². The van der Waals surface area contributed by atoms with Gasteiger partial charge in [-0.15, -0.1) is 0 Å². The highest BCUT2D eigenvalue weighted by atomic mass is 19.4. The molecule has 1 aromatic rings. The number of hydrogen-bond acceptors (Lipinski definition) is 3. The zero-order valence-electron chi connectivity index (χ0n) is 12.9. The third-order valence-electron chi connectivity index (χ3n) is 3.98. The number of piperazine rings is 1. The molecule has 3 nitrogen and oxygen atoms in total. The van der Waals surface area contributed by atoms with Gasteiger partial charge < -0.3 is 9.64 Å². The molecule has 1 saturated heterocycles. The van der Waals surface area contributed by atoms with Crippen LogP contribution in [0.3, 0.4) is 0 Å². The first kappa shape index (κ1) is 17.1. The molecule has 1 aliphatic rings. The summed E-state index contributed by atoms with van der Waals surface area (Å²) in [5, 5.41) is 0. The minimum absolute atomic E-state index is 0.0951. The van der Waals surface area contributed by atoms with Crippen LogP contribution in [0.5, 0.6) is 5.75 Å². The van der Waals surface area contributed by atoms with Gasteiger partial charge in [-0.3, -0.25) is 4.90 Å². The van der Waals surface area contributed by atoms with Crippen LogP contribution in [0.15, 0.2) is 30.3 Å². The summed E-state index contributed by atoms with van der Waals surface area (Å²) in [5.41, 5.74) is 0. The Morgan fingerprint density at radius 3 is 2.23 bits per heavy atom. The Morgan fingerprint density at radius 2 is 1.64 bits per heavy atom. The van der Waals surface area contributed by atoms with Crippen LogP contribution >= 0.6 is 0 Å². The minimum Gasteiger partial charge on any atom is -0.492 e. The second-order valence-corrected chi connectivity index (χ2v) is 5.75. The second-order valence-electron chi connectivity index (χ2n) is 5.75. The number of halogens is 3. The van der Waals surface area contributed by atoms with Gasteiger partial charge in [0.2, 0.25) is 0 Å². The molecule has 22 heavy (non-hydrogen) atoms. The summed E-state index contributed by atoms with van der Waals surface area (Å²) in [4.78, 5) is 4.13. The first-order valence-corrected chi connectivity index (χ1v) is 7.64. The van der Waals surface area contributed by atoms with E-state index in [1.807, 2.05) is 35.2 Å². The number of alkyl halides is 3. The molecular weight excluding hydrogens is 293 g/mol. The first-order valence-electron chi connectivity index (χ1n) is 7.64. The number of benzene rings is 1. The fourth-order valence-electron chi connectivity index (χ4n) is 2.50. The molecule has 1 fully saturated rings. The summed E-state index contributed by atoms with van der Waals surface area (Å²) in [6.07, 6.45) is -4.10. The van der Waals surface area contributed by atoms with E-state index in [1.54, 1.807) is 0 Å². The zero-order chi connectivity index (χ0) is 16.0. The van der Waals surface area contributed by atoms with Crippen LogP contribution in [0, 0.1) is 5.92 Å². The highest BCUT2D eigenvalue weighted by molar-refractivity contribution is 5.20. The highest BCUT2D eigenvalue weighted by Gasteiger charge is 2.37. The van der Waals surface area contributed by atoms with Gasteiger partial charge in [0.05, 0.1) is 5.92 Å². The van der Waals surface area contributed by atoms with Crippen LogP contribution < -0.4 is 4.74 Å². The number of ether oxygens (including phenoxy) is 1. The number of rotatable bonds is 6. The van der Waals surface area contributed by atoms with Crippen molar-refractivity contribution in [3.63, 3.8) is 0 Å². The van der Waals surface area contributed by atoms with E-state index in [4.69, 9.17) is 4.74 Å². The van der Waals surface area contributed by atoms with E-state index in [9.17, 15) is 13.2 Å². The molecular formula is C16H23F3N2O. The van der Waals surface area contributed by atoms with Gasteiger partial charge in [0.1, 0.15) is 12.4 Å². The minimum atomic E-state index is -4.10. The molecule has 0 amide bonds. The third kappa shape index (κ3) is 5.50. The lowest BCUT2D eigenvalue weighted by molar-refractivity contribution is -0.174.